The van der Waals surface area contributed by atoms with Crippen molar-refractivity contribution in [3.63, 3.8) is 0 Å². The fraction of sp³-hybridized carbons (Fsp3) is 0.394. The second kappa shape index (κ2) is 12.7. The van der Waals surface area contributed by atoms with Crippen molar-refractivity contribution in [3.8, 4) is 22.9 Å². The number of nitrogens with one attached hydrogen (secondary N) is 1. The van der Waals surface area contributed by atoms with E-state index in [2.05, 4.69) is 15.5 Å². The molecular formula is C33H34F4N8O3. The maximum absolute atomic E-state index is 16.0. The minimum Gasteiger partial charge on any atom is -0.416 e. The number of alkyl halides is 1. The van der Waals surface area contributed by atoms with Gasteiger partial charge >= 0.3 is 0 Å². The Hall–Kier alpha value is -4.76. The zero-order valence-corrected chi connectivity index (χ0v) is 26.5. The van der Waals surface area contributed by atoms with E-state index in [-0.39, 0.29) is 51.4 Å². The number of rotatable bonds is 7. The zero-order valence-electron chi connectivity index (χ0n) is 26.5. The van der Waals surface area contributed by atoms with Crippen molar-refractivity contribution in [1.29, 1.82) is 0 Å². The highest BCUT2D eigenvalue weighted by atomic mass is 19.1. The number of fused-ring (bicyclic) bond motifs is 2. The Morgan fingerprint density at radius 2 is 1.44 bits per heavy atom. The molecule has 252 valence electrons. The molecule has 3 aromatic heterocycles. The summed E-state index contributed by atoms with van der Waals surface area (Å²) in [6, 6.07) is 3.83. The van der Waals surface area contributed by atoms with Gasteiger partial charge < -0.3 is 33.6 Å². The molecule has 2 aliphatic heterocycles. The first kappa shape index (κ1) is 31.8. The molecule has 0 aliphatic carbocycles. The zero-order chi connectivity index (χ0) is 33.7. The van der Waals surface area contributed by atoms with Crippen LogP contribution in [0.25, 0.3) is 44.7 Å². The van der Waals surface area contributed by atoms with Gasteiger partial charge in [-0.15, -0.1) is 10.2 Å². The predicted molar refractivity (Wildman–Crippen MR) is 175 cm³/mol. The first-order valence-corrected chi connectivity index (χ1v) is 15.9. The molecule has 5 heterocycles. The van der Waals surface area contributed by atoms with Crippen molar-refractivity contribution in [2.45, 2.75) is 20.0 Å². The Kier molecular flexibility index (Phi) is 8.41. The number of halogens is 4. The molecule has 2 aliphatic rings. The Bertz CT molecular complexity index is 2150. The standard InChI is InChI=1S/C33H34F4N8O3/c1-3-42-17-21(30(46)19-14-23(35)26(16-25(19)42)43-8-5-38-6-9-43)32-39-40-33(48-32)22-18-45(7-4-34)28-20(31(22)47)15-24(36)29(27(28)37)44-12-10-41(2)11-13-44/h14-18,38H,3-13H2,1-2H3. The number of aryl methyl sites for hydroxylation is 2. The van der Waals surface area contributed by atoms with E-state index in [1.807, 2.05) is 23.8 Å². The SMILES string of the molecule is CCn1cc(-c2nnc(-c3cn(CCF)c4c(F)c(N5CCN(C)CC5)c(F)cc4c3=O)o2)c(=O)c2cc(F)c(N3CCNCC3)cc21. The summed E-state index contributed by atoms with van der Waals surface area (Å²) in [5.41, 5.74) is -1.16. The van der Waals surface area contributed by atoms with Crippen LogP contribution in [0.3, 0.4) is 0 Å². The Balaban J connectivity index is 1.32. The molecule has 7 rings (SSSR count). The molecule has 0 spiro atoms. The lowest BCUT2D eigenvalue weighted by molar-refractivity contribution is 0.310. The summed E-state index contributed by atoms with van der Waals surface area (Å²) in [5.74, 6) is -2.96. The molecule has 48 heavy (non-hydrogen) atoms. The number of likely N-dealkylation sites (N-methyl/N-ethyl adjacent to an activating group) is 1. The fourth-order valence-electron chi connectivity index (χ4n) is 6.62. The van der Waals surface area contributed by atoms with Crippen LogP contribution in [-0.4, -0.2) is 90.3 Å². The smallest absolute Gasteiger partial charge is 0.253 e. The summed E-state index contributed by atoms with van der Waals surface area (Å²) in [6.07, 6.45) is 2.74. The van der Waals surface area contributed by atoms with E-state index in [1.165, 1.54) is 23.0 Å². The molecule has 15 heteroatoms. The van der Waals surface area contributed by atoms with Gasteiger partial charge in [0, 0.05) is 76.7 Å². The van der Waals surface area contributed by atoms with Gasteiger partial charge in [-0.3, -0.25) is 9.59 Å². The Morgan fingerprint density at radius 1 is 0.812 bits per heavy atom. The summed E-state index contributed by atoms with van der Waals surface area (Å²) in [6.45, 7) is 5.72. The van der Waals surface area contributed by atoms with Crippen LogP contribution in [0.4, 0.5) is 28.9 Å². The Morgan fingerprint density at radius 3 is 2.08 bits per heavy atom. The number of benzene rings is 2. The lowest BCUT2D eigenvalue weighted by atomic mass is 10.1. The second-order valence-electron chi connectivity index (χ2n) is 12.1. The van der Waals surface area contributed by atoms with E-state index >= 15 is 13.2 Å². The molecule has 0 unspecified atom stereocenters. The van der Waals surface area contributed by atoms with Gasteiger partial charge in [0.1, 0.15) is 35.1 Å². The second-order valence-corrected chi connectivity index (χ2v) is 12.1. The van der Waals surface area contributed by atoms with Crippen LogP contribution < -0.4 is 26.0 Å². The summed E-state index contributed by atoms with van der Waals surface area (Å²) in [7, 11) is 1.91. The third-order valence-electron chi connectivity index (χ3n) is 9.21. The van der Waals surface area contributed by atoms with Gasteiger partial charge in [-0.1, -0.05) is 0 Å². The minimum absolute atomic E-state index is 0.0174. The highest BCUT2D eigenvalue weighted by Gasteiger charge is 2.28. The summed E-state index contributed by atoms with van der Waals surface area (Å²) in [5, 5.41) is 11.0. The molecule has 11 nitrogen and oxygen atoms in total. The molecular weight excluding hydrogens is 632 g/mol. The number of piperazine rings is 2. The van der Waals surface area contributed by atoms with Gasteiger partial charge in [-0.05, 0) is 32.2 Å². The van der Waals surface area contributed by atoms with Crippen LogP contribution in [0.1, 0.15) is 6.92 Å². The van der Waals surface area contributed by atoms with E-state index < -0.39 is 35.0 Å². The largest absolute Gasteiger partial charge is 0.416 e. The molecule has 0 atom stereocenters. The predicted octanol–water partition coefficient (Wildman–Crippen LogP) is 3.60. The van der Waals surface area contributed by atoms with Crippen molar-refractivity contribution < 1.29 is 22.0 Å². The summed E-state index contributed by atoms with van der Waals surface area (Å²) in [4.78, 5) is 32.9. The molecule has 2 saturated heterocycles. The number of aromatic nitrogens is 4. The van der Waals surface area contributed by atoms with Gasteiger partial charge in [-0.2, -0.15) is 0 Å². The normalized spacial score (nSPS) is 16.0. The molecule has 2 aromatic carbocycles. The van der Waals surface area contributed by atoms with Crippen molar-refractivity contribution in [2.75, 3.05) is 75.9 Å². The van der Waals surface area contributed by atoms with E-state index in [4.69, 9.17) is 4.42 Å². The van der Waals surface area contributed by atoms with Crippen molar-refractivity contribution >= 4 is 33.2 Å². The number of hydrogen-bond donors (Lipinski definition) is 1. The summed E-state index contributed by atoms with van der Waals surface area (Å²) < 4.78 is 69.4. The van der Waals surface area contributed by atoms with Gasteiger partial charge in [0.15, 0.2) is 5.82 Å². The van der Waals surface area contributed by atoms with Crippen LogP contribution in [0, 0.1) is 17.5 Å². The first-order valence-electron chi connectivity index (χ1n) is 15.9. The molecule has 0 amide bonds. The maximum atomic E-state index is 16.0. The average Bonchev–Trinajstić information content (AvgIpc) is 3.57. The first-order chi connectivity index (χ1) is 23.2. The van der Waals surface area contributed by atoms with Crippen molar-refractivity contribution in [2.24, 2.45) is 0 Å². The third kappa shape index (κ3) is 5.40. The topological polar surface area (TPSA) is 105 Å². The average molecular weight is 667 g/mol. The number of nitrogens with zero attached hydrogens (tertiary/aromatic N) is 7. The van der Waals surface area contributed by atoms with E-state index in [0.29, 0.717) is 70.1 Å². The molecule has 1 N–H and O–H groups in total. The van der Waals surface area contributed by atoms with Gasteiger partial charge in [0.25, 0.3) is 11.8 Å². The molecule has 0 radical (unpaired) electrons. The number of hydrogen-bond acceptors (Lipinski definition) is 9. The van der Waals surface area contributed by atoms with Gasteiger partial charge in [0.05, 0.1) is 28.7 Å². The Labute approximate surface area is 272 Å². The van der Waals surface area contributed by atoms with Gasteiger partial charge in [-0.25, -0.2) is 17.6 Å². The van der Waals surface area contributed by atoms with E-state index in [9.17, 15) is 14.0 Å². The molecule has 0 saturated carbocycles. The van der Waals surface area contributed by atoms with Crippen LogP contribution in [0.2, 0.25) is 0 Å². The minimum atomic E-state index is -0.957. The lowest BCUT2D eigenvalue weighted by Gasteiger charge is -2.34. The van der Waals surface area contributed by atoms with Crippen LogP contribution in [0.15, 0.2) is 44.6 Å². The van der Waals surface area contributed by atoms with E-state index in [1.54, 1.807) is 15.5 Å². The molecule has 5 aromatic rings. The van der Waals surface area contributed by atoms with Gasteiger partial charge in [0.2, 0.25) is 10.9 Å². The highest BCUT2D eigenvalue weighted by molar-refractivity contribution is 5.88. The van der Waals surface area contributed by atoms with E-state index in [0.717, 1.165) is 6.07 Å². The van der Waals surface area contributed by atoms with Crippen molar-refractivity contribution in [3.05, 3.63) is 68.5 Å². The quantitative estimate of drug-likeness (QED) is 0.261. The lowest BCUT2D eigenvalue weighted by Crippen LogP contribution is -2.45. The monoisotopic (exact) mass is 666 g/mol. The number of pyridine rings is 2. The van der Waals surface area contributed by atoms with Crippen molar-refractivity contribution in [1.82, 2.24) is 29.5 Å². The maximum Gasteiger partial charge on any atom is 0.253 e. The highest BCUT2D eigenvalue weighted by Crippen LogP contribution is 2.33. The molecule has 2 fully saturated rings. The van der Waals surface area contributed by atoms with Crippen LogP contribution in [0.5, 0.6) is 0 Å². The third-order valence-corrected chi connectivity index (χ3v) is 9.21. The van der Waals surface area contributed by atoms with Crippen LogP contribution in [-0.2, 0) is 13.1 Å². The number of anilines is 2. The fourth-order valence-corrected chi connectivity index (χ4v) is 6.62. The molecule has 0 bridgehead atoms. The summed E-state index contributed by atoms with van der Waals surface area (Å²) >= 11 is 0. The van der Waals surface area contributed by atoms with Crippen LogP contribution >= 0.6 is 0 Å².